The Labute approximate surface area is 158 Å². The molecule has 0 heterocycles. The number of benzene rings is 2. The molecule has 2 rings (SSSR count). The summed E-state index contributed by atoms with van der Waals surface area (Å²) in [6.07, 6.45) is -0.225. The molecule has 0 aliphatic heterocycles. The summed E-state index contributed by atoms with van der Waals surface area (Å²) in [5.41, 5.74) is 1.97. The van der Waals surface area contributed by atoms with Gasteiger partial charge in [-0.1, -0.05) is 18.2 Å². The fourth-order valence-electron chi connectivity index (χ4n) is 2.57. The maximum atomic E-state index is 12.8. The Bertz CT molecular complexity index is 970. The zero-order valence-corrected chi connectivity index (χ0v) is 16.1. The highest BCUT2D eigenvalue weighted by molar-refractivity contribution is 7.92. The number of carbonyl (C=O) groups is 2. The lowest BCUT2D eigenvalue weighted by Crippen LogP contribution is -2.34. The smallest absolute Gasteiger partial charge is 0.305 e. The van der Waals surface area contributed by atoms with Crippen molar-refractivity contribution in [1.82, 2.24) is 5.32 Å². The van der Waals surface area contributed by atoms with Gasteiger partial charge >= 0.3 is 5.97 Å². The van der Waals surface area contributed by atoms with Crippen LogP contribution in [0.25, 0.3) is 0 Å². The molecule has 0 spiro atoms. The van der Waals surface area contributed by atoms with Gasteiger partial charge in [0, 0.05) is 17.3 Å². The highest BCUT2D eigenvalue weighted by Gasteiger charge is 2.20. The van der Waals surface area contributed by atoms with Gasteiger partial charge in [0.05, 0.1) is 11.3 Å². The van der Waals surface area contributed by atoms with Crippen molar-refractivity contribution in [1.29, 1.82) is 0 Å². The summed E-state index contributed by atoms with van der Waals surface area (Å²) in [5.74, 6) is -1.56. The highest BCUT2D eigenvalue weighted by Crippen LogP contribution is 2.21. The molecule has 0 aliphatic rings. The fourth-order valence-corrected chi connectivity index (χ4v) is 3.89. The van der Waals surface area contributed by atoms with Gasteiger partial charge in [0.2, 0.25) is 0 Å². The third-order valence-corrected chi connectivity index (χ3v) is 5.39. The van der Waals surface area contributed by atoms with E-state index in [2.05, 4.69) is 10.0 Å². The zero-order chi connectivity index (χ0) is 20.2. The molecule has 144 valence electrons. The largest absolute Gasteiger partial charge is 0.481 e. The third-order valence-electron chi connectivity index (χ3n) is 3.87. The van der Waals surface area contributed by atoms with E-state index in [0.29, 0.717) is 11.3 Å². The lowest BCUT2D eigenvalue weighted by Gasteiger charge is -2.14. The predicted octanol–water partition coefficient (Wildman–Crippen LogP) is 2.70. The molecule has 2 aromatic rings. The van der Waals surface area contributed by atoms with Gasteiger partial charge in [0.15, 0.2) is 0 Å². The van der Waals surface area contributed by atoms with E-state index < -0.39 is 27.9 Å². The van der Waals surface area contributed by atoms with Crippen LogP contribution in [-0.4, -0.2) is 31.4 Å². The van der Waals surface area contributed by atoms with Crippen molar-refractivity contribution in [2.24, 2.45) is 0 Å². The number of amides is 1. The molecule has 0 fully saturated rings. The number of hydrogen-bond acceptors (Lipinski definition) is 4. The van der Waals surface area contributed by atoms with Gasteiger partial charge in [-0.25, -0.2) is 8.42 Å². The molecule has 7 nitrogen and oxygen atoms in total. The molecule has 0 saturated carbocycles. The fraction of sp³-hybridized carbons (Fsp3) is 0.263. The first-order valence-electron chi connectivity index (χ1n) is 8.31. The van der Waals surface area contributed by atoms with Gasteiger partial charge in [-0.3, -0.25) is 14.3 Å². The second-order valence-electron chi connectivity index (χ2n) is 6.43. The first-order chi connectivity index (χ1) is 12.6. The van der Waals surface area contributed by atoms with Crippen molar-refractivity contribution in [2.75, 3.05) is 4.72 Å². The van der Waals surface area contributed by atoms with E-state index in [9.17, 15) is 18.0 Å². The van der Waals surface area contributed by atoms with Gasteiger partial charge in [-0.2, -0.15) is 0 Å². The number of carbonyl (C=O) groups excluding carboxylic acids is 1. The number of sulfonamides is 1. The minimum Gasteiger partial charge on any atom is -0.481 e. The van der Waals surface area contributed by atoms with E-state index >= 15 is 0 Å². The Hall–Kier alpha value is -2.87. The quantitative estimate of drug-likeness (QED) is 0.673. The molecule has 1 amide bonds. The molecule has 3 N–H and O–H groups in total. The normalized spacial score (nSPS) is 12.3. The van der Waals surface area contributed by atoms with Gasteiger partial charge in [-0.15, -0.1) is 0 Å². The van der Waals surface area contributed by atoms with E-state index in [1.54, 1.807) is 38.1 Å². The van der Waals surface area contributed by atoms with Crippen LogP contribution >= 0.6 is 0 Å². The van der Waals surface area contributed by atoms with Gasteiger partial charge in [0.25, 0.3) is 15.9 Å². The average molecular weight is 390 g/mol. The van der Waals surface area contributed by atoms with Crippen molar-refractivity contribution in [3.63, 3.8) is 0 Å². The molecule has 0 radical (unpaired) electrons. The molecule has 27 heavy (non-hydrogen) atoms. The van der Waals surface area contributed by atoms with Crippen LogP contribution < -0.4 is 10.0 Å². The second-order valence-corrected chi connectivity index (χ2v) is 8.08. The van der Waals surface area contributed by atoms with Crippen LogP contribution in [0.1, 0.15) is 34.8 Å². The lowest BCUT2D eigenvalue weighted by molar-refractivity contribution is -0.137. The molecular weight excluding hydrogens is 368 g/mol. The highest BCUT2D eigenvalue weighted by atomic mass is 32.2. The average Bonchev–Trinajstić information content (AvgIpc) is 2.53. The van der Waals surface area contributed by atoms with Crippen molar-refractivity contribution < 1.29 is 23.1 Å². The number of carboxylic acid groups (broad SMARTS) is 1. The van der Waals surface area contributed by atoms with E-state index in [-0.39, 0.29) is 16.9 Å². The van der Waals surface area contributed by atoms with Crippen LogP contribution in [-0.2, 0) is 14.8 Å². The standard InChI is InChI=1S/C19H22N2O5S/c1-12-5-4-6-16(9-12)21-27(25,26)17-11-15(8-7-13(17)2)19(24)20-14(3)10-18(22)23/h4-9,11,14,21H,10H2,1-3H3,(H,20,24)(H,22,23). The minimum atomic E-state index is -3.89. The first kappa shape index (κ1) is 20.4. The van der Waals surface area contributed by atoms with Crippen LogP contribution in [0, 0.1) is 13.8 Å². The van der Waals surface area contributed by atoms with E-state index in [1.165, 1.54) is 12.1 Å². The number of anilines is 1. The number of nitrogens with one attached hydrogen (secondary N) is 2. The van der Waals surface area contributed by atoms with Crippen molar-refractivity contribution in [3.8, 4) is 0 Å². The molecule has 2 aromatic carbocycles. The predicted molar refractivity (Wildman–Crippen MR) is 102 cm³/mol. The Balaban J connectivity index is 2.28. The molecule has 8 heteroatoms. The summed E-state index contributed by atoms with van der Waals surface area (Å²) in [4.78, 5) is 23.0. The van der Waals surface area contributed by atoms with Gasteiger partial charge in [0.1, 0.15) is 0 Å². The van der Waals surface area contributed by atoms with Crippen LogP contribution in [0.2, 0.25) is 0 Å². The maximum Gasteiger partial charge on any atom is 0.305 e. The molecule has 0 bridgehead atoms. The second kappa shape index (κ2) is 8.22. The van der Waals surface area contributed by atoms with Crippen LogP contribution in [0.4, 0.5) is 5.69 Å². The Kier molecular flexibility index (Phi) is 6.22. The molecule has 1 atom stereocenters. The van der Waals surface area contributed by atoms with Gasteiger partial charge in [-0.05, 0) is 56.2 Å². The molecule has 0 saturated heterocycles. The Morgan fingerprint density at radius 3 is 2.44 bits per heavy atom. The molecule has 0 aromatic heterocycles. The van der Waals surface area contributed by atoms with Crippen molar-refractivity contribution in [3.05, 3.63) is 59.2 Å². The molecular formula is C19H22N2O5S. The van der Waals surface area contributed by atoms with Gasteiger partial charge < -0.3 is 10.4 Å². The van der Waals surface area contributed by atoms with E-state index in [0.717, 1.165) is 5.56 Å². The van der Waals surface area contributed by atoms with E-state index in [1.807, 2.05) is 13.0 Å². The molecule has 1 unspecified atom stereocenters. The summed E-state index contributed by atoms with van der Waals surface area (Å²) < 4.78 is 28.0. The van der Waals surface area contributed by atoms with Crippen LogP contribution in [0.3, 0.4) is 0 Å². The Morgan fingerprint density at radius 2 is 1.81 bits per heavy atom. The first-order valence-corrected chi connectivity index (χ1v) is 9.79. The molecule has 0 aliphatic carbocycles. The minimum absolute atomic E-state index is 0.0115. The number of aliphatic carboxylic acids is 1. The summed E-state index contributed by atoms with van der Waals surface area (Å²) in [7, 11) is -3.89. The number of hydrogen-bond donors (Lipinski definition) is 3. The number of rotatable bonds is 7. The summed E-state index contributed by atoms with van der Waals surface area (Å²) in [6.45, 7) is 5.06. The number of aryl methyl sites for hydroxylation is 2. The summed E-state index contributed by atoms with van der Waals surface area (Å²) >= 11 is 0. The van der Waals surface area contributed by atoms with Crippen LogP contribution in [0.5, 0.6) is 0 Å². The zero-order valence-electron chi connectivity index (χ0n) is 15.3. The topological polar surface area (TPSA) is 113 Å². The summed E-state index contributed by atoms with van der Waals surface area (Å²) in [5, 5.41) is 11.3. The van der Waals surface area contributed by atoms with Crippen molar-refractivity contribution >= 4 is 27.6 Å². The van der Waals surface area contributed by atoms with Crippen molar-refractivity contribution in [2.45, 2.75) is 38.1 Å². The SMILES string of the molecule is Cc1cccc(NS(=O)(=O)c2cc(C(=O)NC(C)CC(=O)O)ccc2C)c1. The van der Waals surface area contributed by atoms with E-state index in [4.69, 9.17) is 5.11 Å². The number of carboxylic acids is 1. The Morgan fingerprint density at radius 1 is 1.11 bits per heavy atom. The van der Waals surface area contributed by atoms with Crippen LogP contribution in [0.15, 0.2) is 47.4 Å². The maximum absolute atomic E-state index is 12.8. The monoisotopic (exact) mass is 390 g/mol. The third kappa shape index (κ3) is 5.55. The summed E-state index contributed by atoms with van der Waals surface area (Å²) in [6, 6.07) is 10.7. The lowest BCUT2D eigenvalue weighted by atomic mass is 10.1.